The Labute approximate surface area is 214 Å². The van der Waals surface area contributed by atoms with E-state index in [0.29, 0.717) is 6.61 Å². The number of halogens is 7. The van der Waals surface area contributed by atoms with Gasteiger partial charge in [-0.05, 0) is 25.5 Å². The van der Waals surface area contributed by atoms with E-state index in [1.165, 1.54) is 6.07 Å². The van der Waals surface area contributed by atoms with Crippen LogP contribution in [0.25, 0.3) is 0 Å². The van der Waals surface area contributed by atoms with Gasteiger partial charge in [0, 0.05) is 42.9 Å². The van der Waals surface area contributed by atoms with Gasteiger partial charge in [0.05, 0.1) is 18.8 Å². The average molecular weight is 577 g/mol. The first-order valence-electron chi connectivity index (χ1n) is 10.6. The molecule has 0 radical (unpaired) electrons. The number of pyridine rings is 1. The summed E-state index contributed by atoms with van der Waals surface area (Å²) in [7, 11) is 0. The summed E-state index contributed by atoms with van der Waals surface area (Å²) in [5.74, 6) is -5.58. The van der Waals surface area contributed by atoms with Crippen LogP contribution in [0.2, 0.25) is 0 Å². The van der Waals surface area contributed by atoms with Gasteiger partial charge in [-0.15, -0.1) is 11.3 Å². The minimum absolute atomic E-state index is 0.0778. The van der Waals surface area contributed by atoms with Crippen molar-refractivity contribution in [3.8, 4) is 5.88 Å². The van der Waals surface area contributed by atoms with Crippen LogP contribution < -0.4 is 4.74 Å². The standard InChI is InChI=1S/C17H20FN3O2S.2C2HF3O2/c1-12-9-24-15(20-12)7-21-10-17(11-21)13(4-6-23-17)8-22-16-14(18)3-2-5-19-16;2*3-2(4,5)1(6)7/h2-3,5,9,13H,4,6-8,10-11H2,1H3;2*(H,6,7). The summed E-state index contributed by atoms with van der Waals surface area (Å²) in [6.07, 6.45) is -7.68. The second-order valence-corrected chi connectivity index (χ2v) is 9.08. The fourth-order valence-corrected chi connectivity index (χ4v) is 4.33. The van der Waals surface area contributed by atoms with Crippen LogP contribution in [0.4, 0.5) is 30.7 Å². The minimum Gasteiger partial charge on any atom is -0.475 e. The molecule has 1 unspecified atom stereocenters. The first-order valence-corrected chi connectivity index (χ1v) is 11.5. The average Bonchev–Trinajstić information content (AvgIpc) is 3.38. The van der Waals surface area contributed by atoms with Gasteiger partial charge in [0.25, 0.3) is 0 Å². The fourth-order valence-electron chi connectivity index (χ4n) is 3.52. The SMILES string of the molecule is Cc1csc(CN2CC3(C2)OCCC3COc2ncccc2F)n1.O=C(O)C(F)(F)F.O=C(O)C(F)(F)F. The first-order chi connectivity index (χ1) is 17.5. The van der Waals surface area contributed by atoms with E-state index < -0.39 is 30.1 Å². The molecule has 17 heteroatoms. The molecule has 1 spiro atoms. The maximum Gasteiger partial charge on any atom is 0.490 e. The van der Waals surface area contributed by atoms with Crippen molar-refractivity contribution in [2.75, 3.05) is 26.3 Å². The van der Waals surface area contributed by atoms with Crippen LogP contribution in [0.3, 0.4) is 0 Å². The Morgan fingerprint density at radius 2 is 1.76 bits per heavy atom. The van der Waals surface area contributed by atoms with E-state index in [0.717, 1.165) is 43.4 Å². The molecule has 0 amide bonds. The van der Waals surface area contributed by atoms with E-state index in [4.69, 9.17) is 29.3 Å². The molecule has 2 aliphatic heterocycles. The molecule has 0 aromatic carbocycles. The summed E-state index contributed by atoms with van der Waals surface area (Å²) in [5.41, 5.74) is 0.920. The highest BCUT2D eigenvalue weighted by molar-refractivity contribution is 7.09. The number of hydrogen-bond acceptors (Lipinski definition) is 8. The Morgan fingerprint density at radius 1 is 1.18 bits per heavy atom. The number of aliphatic carboxylic acids is 2. The van der Waals surface area contributed by atoms with E-state index in [-0.39, 0.29) is 17.4 Å². The third-order valence-corrected chi connectivity index (χ3v) is 6.19. The van der Waals surface area contributed by atoms with Crippen LogP contribution >= 0.6 is 11.3 Å². The summed E-state index contributed by atoms with van der Waals surface area (Å²) in [5, 5.41) is 17.5. The lowest BCUT2D eigenvalue weighted by Crippen LogP contribution is -2.64. The highest BCUT2D eigenvalue weighted by Gasteiger charge is 2.53. The molecule has 9 nitrogen and oxygen atoms in total. The van der Waals surface area contributed by atoms with Gasteiger partial charge in [-0.25, -0.2) is 23.9 Å². The summed E-state index contributed by atoms with van der Waals surface area (Å²) in [6, 6.07) is 2.93. The molecule has 2 N–H and O–H groups in total. The number of rotatable bonds is 5. The predicted molar refractivity (Wildman–Crippen MR) is 116 cm³/mol. The van der Waals surface area contributed by atoms with Crippen LogP contribution in [-0.2, 0) is 20.9 Å². The van der Waals surface area contributed by atoms with Crippen molar-refractivity contribution in [3.05, 3.63) is 40.2 Å². The zero-order chi connectivity index (χ0) is 28.7. The number of ether oxygens (including phenoxy) is 2. The van der Waals surface area contributed by atoms with Crippen LogP contribution in [0, 0.1) is 18.7 Å². The maximum atomic E-state index is 13.6. The minimum atomic E-state index is -5.08. The van der Waals surface area contributed by atoms with Crippen molar-refractivity contribution in [2.24, 2.45) is 5.92 Å². The van der Waals surface area contributed by atoms with Crippen LogP contribution in [0.15, 0.2) is 23.7 Å². The van der Waals surface area contributed by atoms with Crippen LogP contribution in [-0.4, -0.2) is 81.3 Å². The van der Waals surface area contributed by atoms with Crippen molar-refractivity contribution in [2.45, 2.75) is 37.8 Å². The normalized spacial score (nSPS) is 18.5. The topological polar surface area (TPSA) is 122 Å². The number of carboxylic acid groups (broad SMARTS) is 2. The molecule has 0 saturated carbocycles. The Bertz CT molecular complexity index is 1070. The second kappa shape index (κ2) is 12.7. The van der Waals surface area contributed by atoms with Gasteiger partial charge in [0.15, 0.2) is 5.82 Å². The number of alkyl halides is 6. The molecule has 2 aromatic rings. The van der Waals surface area contributed by atoms with Crippen LogP contribution in [0.5, 0.6) is 5.88 Å². The number of hydrogen-bond donors (Lipinski definition) is 2. The smallest absolute Gasteiger partial charge is 0.475 e. The molecule has 1 atom stereocenters. The molecule has 38 heavy (non-hydrogen) atoms. The number of aryl methyl sites for hydroxylation is 1. The number of aromatic nitrogens is 2. The second-order valence-electron chi connectivity index (χ2n) is 8.13. The lowest BCUT2D eigenvalue weighted by molar-refractivity contribution is -0.193. The van der Waals surface area contributed by atoms with Gasteiger partial charge >= 0.3 is 24.3 Å². The van der Waals surface area contributed by atoms with Crippen molar-refractivity contribution >= 4 is 23.3 Å². The van der Waals surface area contributed by atoms with E-state index in [9.17, 15) is 30.7 Å². The molecule has 212 valence electrons. The molecule has 2 aliphatic rings. The van der Waals surface area contributed by atoms with Gasteiger partial charge in [0.1, 0.15) is 5.01 Å². The molecule has 0 bridgehead atoms. The summed E-state index contributed by atoms with van der Waals surface area (Å²) >= 11 is 1.70. The Morgan fingerprint density at radius 3 is 2.24 bits per heavy atom. The van der Waals surface area contributed by atoms with Gasteiger partial charge in [0.2, 0.25) is 5.88 Å². The molecule has 2 saturated heterocycles. The first kappa shape index (κ1) is 31.2. The summed E-state index contributed by atoms with van der Waals surface area (Å²) < 4.78 is 88.7. The van der Waals surface area contributed by atoms with Gasteiger partial charge in [-0.3, -0.25) is 4.90 Å². The molecule has 4 heterocycles. The third-order valence-electron chi connectivity index (χ3n) is 5.24. The quantitative estimate of drug-likeness (QED) is 0.510. The molecule has 2 fully saturated rings. The maximum absolute atomic E-state index is 13.6. The molecular formula is C21H22F7N3O6S. The van der Waals surface area contributed by atoms with Gasteiger partial charge < -0.3 is 19.7 Å². The zero-order valence-electron chi connectivity index (χ0n) is 19.6. The van der Waals surface area contributed by atoms with E-state index in [1.54, 1.807) is 23.6 Å². The monoisotopic (exact) mass is 577 g/mol. The Kier molecular flexibility index (Phi) is 10.4. The highest BCUT2D eigenvalue weighted by atomic mass is 32.1. The predicted octanol–water partition coefficient (Wildman–Crippen LogP) is 3.92. The largest absolute Gasteiger partial charge is 0.490 e. The molecule has 4 rings (SSSR count). The molecule has 2 aromatic heterocycles. The number of carbonyl (C=O) groups is 2. The van der Waals surface area contributed by atoms with Gasteiger partial charge in [-0.2, -0.15) is 26.3 Å². The number of carboxylic acids is 2. The van der Waals surface area contributed by atoms with Crippen molar-refractivity contribution in [1.29, 1.82) is 0 Å². The van der Waals surface area contributed by atoms with Crippen molar-refractivity contribution < 1.29 is 60.0 Å². The molecule has 0 aliphatic carbocycles. The molecular weight excluding hydrogens is 555 g/mol. The summed E-state index contributed by atoms with van der Waals surface area (Å²) in [4.78, 5) is 28.6. The van der Waals surface area contributed by atoms with Crippen LogP contribution in [0.1, 0.15) is 17.1 Å². The lowest BCUT2D eigenvalue weighted by Gasteiger charge is -2.49. The fraction of sp³-hybridized carbons (Fsp3) is 0.524. The van der Waals surface area contributed by atoms with E-state index in [2.05, 4.69) is 20.2 Å². The van der Waals surface area contributed by atoms with Gasteiger partial charge in [-0.1, -0.05) is 0 Å². The van der Waals surface area contributed by atoms with E-state index >= 15 is 0 Å². The number of nitrogens with zero attached hydrogens (tertiary/aromatic N) is 3. The Hall–Kier alpha value is -3.05. The zero-order valence-corrected chi connectivity index (χ0v) is 20.4. The van der Waals surface area contributed by atoms with Crippen molar-refractivity contribution in [1.82, 2.24) is 14.9 Å². The van der Waals surface area contributed by atoms with E-state index in [1.807, 2.05) is 6.92 Å². The Balaban J connectivity index is 0.000000301. The lowest BCUT2D eigenvalue weighted by atomic mass is 9.81. The third kappa shape index (κ3) is 9.05. The summed E-state index contributed by atoms with van der Waals surface area (Å²) in [6.45, 7) is 5.82. The highest BCUT2D eigenvalue weighted by Crippen LogP contribution is 2.41. The van der Waals surface area contributed by atoms with Crippen molar-refractivity contribution in [3.63, 3.8) is 0 Å². The number of likely N-dealkylation sites (tertiary alicyclic amines) is 1. The number of thiazole rings is 1.